The molecule has 0 aliphatic carbocycles. The lowest BCUT2D eigenvalue weighted by atomic mass is 9.90. The van der Waals surface area contributed by atoms with Gasteiger partial charge < -0.3 is 14.9 Å². The molecule has 1 heterocycles. The third-order valence-electron chi connectivity index (χ3n) is 3.69. The summed E-state index contributed by atoms with van der Waals surface area (Å²) < 4.78 is 5.41. The maximum atomic E-state index is 12.3. The molecule has 1 amide bonds. The Hall–Kier alpha value is -3.02. The molecule has 6 heteroatoms. The second-order valence-corrected chi connectivity index (χ2v) is 5.13. The van der Waals surface area contributed by atoms with E-state index in [9.17, 15) is 14.7 Å². The fourth-order valence-corrected chi connectivity index (χ4v) is 2.49. The zero-order valence-corrected chi connectivity index (χ0v) is 11.7. The Morgan fingerprint density at radius 2 is 1.86 bits per heavy atom. The van der Waals surface area contributed by atoms with Crippen molar-refractivity contribution in [3.8, 4) is 0 Å². The highest BCUT2D eigenvalue weighted by Gasteiger charge is 2.48. The summed E-state index contributed by atoms with van der Waals surface area (Å²) in [4.78, 5) is 23.0. The van der Waals surface area contributed by atoms with Crippen LogP contribution in [-0.4, -0.2) is 22.1 Å². The number of nitrogens with one attached hydrogen (secondary N) is 1. The minimum Gasteiger partial charge on any atom is -0.501 e. The molecule has 1 aliphatic rings. The Morgan fingerprint density at radius 3 is 2.55 bits per heavy atom. The van der Waals surface area contributed by atoms with Gasteiger partial charge >= 0.3 is 6.09 Å². The number of aliphatic hydroxyl groups excluding tert-OH is 1. The van der Waals surface area contributed by atoms with Crippen molar-refractivity contribution in [1.82, 2.24) is 5.32 Å². The first-order chi connectivity index (χ1) is 10.4. The zero-order chi connectivity index (χ0) is 15.9. The summed E-state index contributed by atoms with van der Waals surface area (Å²) in [6.07, 6.45) is -1.42. The normalized spacial score (nSPS) is 21.0. The minimum atomic E-state index is -1.47. The highest BCUT2D eigenvalue weighted by molar-refractivity contribution is 6.03. The molecule has 112 valence electrons. The molecule has 2 aromatic carbocycles. The lowest BCUT2D eigenvalue weighted by Crippen LogP contribution is -2.32. The second-order valence-electron chi connectivity index (χ2n) is 5.13. The van der Waals surface area contributed by atoms with Crippen LogP contribution in [0.4, 0.5) is 4.79 Å². The molecular formula is C16H13NO5. The maximum absolute atomic E-state index is 12.3. The summed E-state index contributed by atoms with van der Waals surface area (Å²) in [5, 5.41) is 22.3. The van der Waals surface area contributed by atoms with Crippen LogP contribution in [0.5, 0.6) is 0 Å². The molecule has 1 aliphatic heterocycles. The molecular weight excluding hydrogens is 286 g/mol. The molecule has 2 aromatic rings. The van der Waals surface area contributed by atoms with E-state index in [2.05, 4.69) is 0 Å². The van der Waals surface area contributed by atoms with Crippen molar-refractivity contribution in [3.63, 3.8) is 0 Å². The van der Waals surface area contributed by atoms with Gasteiger partial charge in [-0.25, -0.2) is 4.79 Å². The van der Waals surface area contributed by atoms with Crippen LogP contribution in [0.1, 0.15) is 12.5 Å². The summed E-state index contributed by atoms with van der Waals surface area (Å²) in [7, 11) is 0. The van der Waals surface area contributed by atoms with Crippen molar-refractivity contribution in [2.75, 3.05) is 0 Å². The Bertz CT molecular complexity index is 826. The van der Waals surface area contributed by atoms with Crippen LogP contribution < -0.4 is 5.32 Å². The van der Waals surface area contributed by atoms with Gasteiger partial charge in [-0.05, 0) is 23.8 Å². The van der Waals surface area contributed by atoms with E-state index in [0.29, 0.717) is 5.56 Å². The van der Waals surface area contributed by atoms with E-state index in [4.69, 9.17) is 9.84 Å². The number of carbonyl (C=O) groups is 2. The predicted molar refractivity (Wildman–Crippen MR) is 78.2 cm³/mol. The van der Waals surface area contributed by atoms with Gasteiger partial charge in [0.2, 0.25) is 11.6 Å². The number of amides is 1. The van der Waals surface area contributed by atoms with Gasteiger partial charge in [-0.3, -0.25) is 10.1 Å². The summed E-state index contributed by atoms with van der Waals surface area (Å²) in [5.41, 5.74) is -0.934. The molecule has 0 fully saturated rings. The summed E-state index contributed by atoms with van der Waals surface area (Å²) in [6.45, 7) is 1.49. The topological polar surface area (TPSA) is 95.9 Å². The SMILES string of the molecule is CC1(c2ccc3ccccc3c2)OC(NC(=O)O)=C(O)C1=O. The number of aliphatic hydroxyl groups is 1. The average Bonchev–Trinajstić information content (AvgIpc) is 2.71. The van der Waals surface area contributed by atoms with Crippen molar-refractivity contribution in [1.29, 1.82) is 0 Å². The van der Waals surface area contributed by atoms with Crippen molar-refractivity contribution < 1.29 is 24.5 Å². The molecule has 22 heavy (non-hydrogen) atoms. The highest BCUT2D eigenvalue weighted by atomic mass is 16.5. The number of hydrogen-bond donors (Lipinski definition) is 3. The van der Waals surface area contributed by atoms with E-state index in [1.54, 1.807) is 12.1 Å². The van der Waals surface area contributed by atoms with Gasteiger partial charge in [0.1, 0.15) is 0 Å². The standard InChI is InChI=1S/C16H13NO5/c1-16(13(19)12(18)14(22-16)17-15(20)21)11-7-6-9-4-2-3-5-10(9)8-11/h2-8,17-18H,1H3,(H,20,21). The van der Waals surface area contributed by atoms with Gasteiger partial charge in [0.05, 0.1) is 0 Å². The van der Waals surface area contributed by atoms with Crippen LogP contribution in [0, 0.1) is 0 Å². The fourth-order valence-electron chi connectivity index (χ4n) is 2.49. The van der Waals surface area contributed by atoms with Crippen LogP contribution in [0.15, 0.2) is 54.1 Å². The van der Waals surface area contributed by atoms with Gasteiger partial charge in [0.25, 0.3) is 5.78 Å². The van der Waals surface area contributed by atoms with Crippen LogP contribution in [0.25, 0.3) is 10.8 Å². The quantitative estimate of drug-likeness (QED) is 0.792. The smallest absolute Gasteiger partial charge is 0.411 e. The number of benzene rings is 2. The van der Waals surface area contributed by atoms with Gasteiger partial charge in [-0.15, -0.1) is 0 Å². The van der Waals surface area contributed by atoms with E-state index in [-0.39, 0.29) is 0 Å². The maximum Gasteiger partial charge on any atom is 0.411 e. The average molecular weight is 299 g/mol. The van der Waals surface area contributed by atoms with Crippen molar-refractivity contribution >= 4 is 22.6 Å². The third-order valence-corrected chi connectivity index (χ3v) is 3.69. The van der Waals surface area contributed by atoms with Crippen LogP contribution in [0.2, 0.25) is 0 Å². The third kappa shape index (κ3) is 2.05. The van der Waals surface area contributed by atoms with Gasteiger partial charge in [0.15, 0.2) is 5.60 Å². The number of hydrogen-bond acceptors (Lipinski definition) is 4. The van der Waals surface area contributed by atoms with Crippen molar-refractivity contribution in [2.45, 2.75) is 12.5 Å². The molecule has 0 saturated carbocycles. The molecule has 0 aromatic heterocycles. The lowest BCUT2D eigenvalue weighted by Gasteiger charge is -2.23. The number of rotatable bonds is 2. The van der Waals surface area contributed by atoms with Crippen LogP contribution in [0.3, 0.4) is 0 Å². The second kappa shape index (κ2) is 4.77. The lowest BCUT2D eigenvalue weighted by molar-refractivity contribution is -0.131. The highest BCUT2D eigenvalue weighted by Crippen LogP contribution is 2.37. The number of fused-ring (bicyclic) bond motifs is 1. The number of ketones is 1. The van der Waals surface area contributed by atoms with Crippen LogP contribution in [-0.2, 0) is 15.1 Å². The minimum absolute atomic E-state index is 0.451. The van der Waals surface area contributed by atoms with E-state index in [1.165, 1.54) is 6.92 Å². The Morgan fingerprint density at radius 1 is 1.18 bits per heavy atom. The largest absolute Gasteiger partial charge is 0.501 e. The Balaban J connectivity index is 2.03. The first-order valence-corrected chi connectivity index (χ1v) is 6.58. The molecule has 1 unspecified atom stereocenters. The first kappa shape index (κ1) is 13.9. The van der Waals surface area contributed by atoms with E-state index in [1.807, 2.05) is 35.6 Å². The Kier molecular flexibility index (Phi) is 3.02. The summed E-state index contributed by atoms with van der Waals surface area (Å²) >= 11 is 0. The van der Waals surface area contributed by atoms with E-state index >= 15 is 0 Å². The van der Waals surface area contributed by atoms with Gasteiger partial charge in [-0.2, -0.15) is 0 Å². The molecule has 0 bridgehead atoms. The van der Waals surface area contributed by atoms with Crippen molar-refractivity contribution in [2.24, 2.45) is 0 Å². The molecule has 0 spiro atoms. The molecule has 0 radical (unpaired) electrons. The van der Waals surface area contributed by atoms with E-state index in [0.717, 1.165) is 10.8 Å². The van der Waals surface area contributed by atoms with Crippen molar-refractivity contribution in [3.05, 3.63) is 59.7 Å². The van der Waals surface area contributed by atoms with Gasteiger partial charge in [-0.1, -0.05) is 36.4 Å². The number of Topliss-reactive ketones (excluding diaryl/α,β-unsaturated/α-hetero) is 1. The van der Waals surface area contributed by atoms with E-state index < -0.39 is 29.1 Å². The monoisotopic (exact) mass is 299 g/mol. The van der Waals surface area contributed by atoms with Gasteiger partial charge in [0, 0.05) is 5.56 Å². The van der Waals surface area contributed by atoms with Crippen LogP contribution >= 0.6 is 0 Å². The zero-order valence-electron chi connectivity index (χ0n) is 11.7. The Labute approximate surface area is 125 Å². The number of carboxylic acid groups (broad SMARTS) is 1. The molecule has 0 saturated heterocycles. The fraction of sp³-hybridized carbons (Fsp3) is 0.125. The summed E-state index contributed by atoms with van der Waals surface area (Å²) in [6, 6.07) is 13.0. The summed E-state index contributed by atoms with van der Waals surface area (Å²) in [5.74, 6) is -1.86. The number of carbonyl (C=O) groups excluding carboxylic acids is 1. The molecule has 1 atom stereocenters. The molecule has 3 N–H and O–H groups in total. The first-order valence-electron chi connectivity index (χ1n) is 6.58. The molecule has 3 rings (SSSR count). The number of ether oxygens (including phenoxy) is 1. The molecule has 6 nitrogen and oxygen atoms in total. The predicted octanol–water partition coefficient (Wildman–Crippen LogP) is 2.65.